The molecule has 1 N–H and O–H groups in total. The van der Waals surface area contributed by atoms with Gasteiger partial charge in [-0.1, -0.05) is 23.7 Å². The van der Waals surface area contributed by atoms with E-state index in [4.69, 9.17) is 11.6 Å². The largest absolute Gasteiger partial charge is 0.355 e. The highest BCUT2D eigenvalue weighted by Gasteiger charge is 2.52. The minimum absolute atomic E-state index is 0.0403. The maximum atomic E-state index is 12.8. The fourth-order valence-corrected chi connectivity index (χ4v) is 2.70. The van der Waals surface area contributed by atoms with Crippen LogP contribution in [0.2, 0.25) is 5.02 Å². The topological polar surface area (TPSA) is 49.4 Å². The molecule has 0 bridgehead atoms. The molecule has 1 aromatic carbocycles. The summed E-state index contributed by atoms with van der Waals surface area (Å²) in [5, 5.41) is 3.40. The number of rotatable bonds is 6. The van der Waals surface area contributed by atoms with Gasteiger partial charge in [-0.15, -0.1) is 0 Å². The molecule has 114 valence electrons. The highest BCUT2D eigenvalue weighted by atomic mass is 35.5. The molecular formula is C16H21ClN2O2. The van der Waals surface area contributed by atoms with Crippen LogP contribution in [0.5, 0.6) is 0 Å². The second kappa shape index (κ2) is 6.48. The number of nitrogens with one attached hydrogen (secondary N) is 1. The Bertz CT molecular complexity index is 524. The number of hydrogen-bond acceptors (Lipinski definition) is 2. The Hall–Kier alpha value is -1.55. The second-order valence-electron chi connectivity index (χ2n) is 5.36. The van der Waals surface area contributed by atoms with Crippen molar-refractivity contribution in [1.82, 2.24) is 10.2 Å². The molecule has 1 aliphatic carbocycles. The molecule has 1 fully saturated rings. The second-order valence-corrected chi connectivity index (χ2v) is 5.80. The van der Waals surface area contributed by atoms with Crippen molar-refractivity contribution in [2.75, 3.05) is 19.6 Å². The van der Waals surface area contributed by atoms with Crippen molar-refractivity contribution in [3.63, 3.8) is 0 Å². The van der Waals surface area contributed by atoms with Crippen LogP contribution in [0.1, 0.15) is 32.3 Å². The van der Waals surface area contributed by atoms with Gasteiger partial charge in [0.2, 0.25) is 11.8 Å². The SMILES string of the molecule is CCNC(=O)CN(CC)C(=O)C1(c2ccc(Cl)cc2)CC1. The number of halogens is 1. The molecule has 0 radical (unpaired) electrons. The van der Waals surface area contributed by atoms with Crippen molar-refractivity contribution in [2.24, 2.45) is 0 Å². The smallest absolute Gasteiger partial charge is 0.239 e. The summed E-state index contributed by atoms with van der Waals surface area (Å²) in [5.74, 6) is -0.0711. The average molecular weight is 309 g/mol. The lowest BCUT2D eigenvalue weighted by Crippen LogP contribution is -2.45. The lowest BCUT2D eigenvalue weighted by atomic mass is 9.94. The number of amides is 2. The Balaban J connectivity index is 2.13. The van der Waals surface area contributed by atoms with Gasteiger partial charge in [0.05, 0.1) is 12.0 Å². The van der Waals surface area contributed by atoms with Crippen LogP contribution in [0.4, 0.5) is 0 Å². The van der Waals surface area contributed by atoms with Crippen LogP contribution < -0.4 is 5.32 Å². The van der Waals surface area contributed by atoms with Gasteiger partial charge < -0.3 is 10.2 Å². The molecule has 0 aromatic heterocycles. The molecule has 0 atom stereocenters. The first-order chi connectivity index (χ1) is 10.0. The van der Waals surface area contributed by atoms with Crippen molar-refractivity contribution >= 4 is 23.4 Å². The molecule has 0 spiro atoms. The number of likely N-dealkylation sites (N-methyl/N-ethyl adjacent to an activating group) is 2. The minimum Gasteiger partial charge on any atom is -0.355 e. The van der Waals surface area contributed by atoms with Gasteiger partial charge in [-0.25, -0.2) is 0 Å². The molecule has 21 heavy (non-hydrogen) atoms. The predicted octanol–water partition coefficient (Wildman–Crippen LogP) is 2.36. The molecule has 2 amide bonds. The lowest BCUT2D eigenvalue weighted by Gasteiger charge is -2.26. The van der Waals surface area contributed by atoms with E-state index < -0.39 is 5.41 Å². The summed E-state index contributed by atoms with van der Waals surface area (Å²) in [7, 11) is 0. The monoisotopic (exact) mass is 308 g/mol. The van der Waals surface area contributed by atoms with Crippen LogP contribution in [0.3, 0.4) is 0 Å². The van der Waals surface area contributed by atoms with Crippen molar-refractivity contribution in [3.8, 4) is 0 Å². The fourth-order valence-electron chi connectivity index (χ4n) is 2.58. The molecule has 0 saturated heterocycles. The zero-order chi connectivity index (χ0) is 15.5. The summed E-state index contributed by atoms with van der Waals surface area (Å²) in [5.41, 5.74) is 0.541. The Morgan fingerprint density at radius 2 is 1.86 bits per heavy atom. The van der Waals surface area contributed by atoms with E-state index in [0.29, 0.717) is 18.1 Å². The van der Waals surface area contributed by atoms with Gasteiger partial charge in [-0.3, -0.25) is 9.59 Å². The maximum Gasteiger partial charge on any atom is 0.239 e. The summed E-state index contributed by atoms with van der Waals surface area (Å²) in [4.78, 5) is 26.2. The predicted molar refractivity (Wildman–Crippen MR) is 83.3 cm³/mol. The fraction of sp³-hybridized carbons (Fsp3) is 0.500. The molecule has 1 aromatic rings. The average Bonchev–Trinajstić information content (AvgIpc) is 3.27. The van der Waals surface area contributed by atoms with Crippen LogP contribution in [0.25, 0.3) is 0 Å². The first kappa shape index (κ1) is 15.8. The Labute approximate surface area is 130 Å². The van der Waals surface area contributed by atoms with Gasteiger partial charge in [-0.2, -0.15) is 0 Å². The van der Waals surface area contributed by atoms with Crippen molar-refractivity contribution in [3.05, 3.63) is 34.9 Å². The van der Waals surface area contributed by atoms with Crippen LogP contribution in [-0.4, -0.2) is 36.3 Å². The lowest BCUT2D eigenvalue weighted by molar-refractivity contribution is -0.138. The Morgan fingerprint density at radius 3 is 2.33 bits per heavy atom. The van der Waals surface area contributed by atoms with Crippen LogP contribution in [0, 0.1) is 0 Å². The number of benzene rings is 1. The van der Waals surface area contributed by atoms with Gasteiger partial charge >= 0.3 is 0 Å². The van der Waals surface area contributed by atoms with E-state index in [1.165, 1.54) is 0 Å². The molecule has 0 unspecified atom stereocenters. The number of nitrogens with zero attached hydrogens (tertiary/aromatic N) is 1. The van der Waals surface area contributed by atoms with Gasteiger partial charge in [0.1, 0.15) is 0 Å². The van der Waals surface area contributed by atoms with E-state index in [9.17, 15) is 9.59 Å². The van der Waals surface area contributed by atoms with Gasteiger partial charge in [-0.05, 0) is 44.4 Å². The van der Waals surface area contributed by atoms with Crippen LogP contribution in [-0.2, 0) is 15.0 Å². The van der Waals surface area contributed by atoms with Gasteiger partial charge in [0.25, 0.3) is 0 Å². The first-order valence-electron chi connectivity index (χ1n) is 7.35. The van der Waals surface area contributed by atoms with Gasteiger partial charge in [0.15, 0.2) is 0 Å². The zero-order valence-corrected chi connectivity index (χ0v) is 13.2. The molecule has 0 aliphatic heterocycles. The Morgan fingerprint density at radius 1 is 1.24 bits per heavy atom. The zero-order valence-electron chi connectivity index (χ0n) is 12.5. The molecule has 2 rings (SSSR count). The summed E-state index contributed by atoms with van der Waals surface area (Å²) < 4.78 is 0. The Kier molecular flexibility index (Phi) is 4.88. The number of carbonyl (C=O) groups excluding carboxylic acids is 2. The summed E-state index contributed by atoms with van der Waals surface area (Å²) in [6.45, 7) is 5.00. The van der Waals surface area contributed by atoms with Crippen molar-refractivity contribution < 1.29 is 9.59 Å². The molecule has 1 aliphatic rings. The maximum absolute atomic E-state index is 12.8. The summed E-state index contributed by atoms with van der Waals surface area (Å²) >= 11 is 5.91. The van der Waals surface area contributed by atoms with E-state index in [-0.39, 0.29) is 18.4 Å². The number of hydrogen-bond donors (Lipinski definition) is 1. The van der Waals surface area contributed by atoms with E-state index in [2.05, 4.69) is 5.32 Å². The molecular weight excluding hydrogens is 288 g/mol. The molecule has 0 heterocycles. The van der Waals surface area contributed by atoms with E-state index >= 15 is 0 Å². The minimum atomic E-state index is -0.451. The third-order valence-electron chi connectivity index (χ3n) is 3.93. The third-order valence-corrected chi connectivity index (χ3v) is 4.19. The van der Waals surface area contributed by atoms with E-state index in [1.54, 1.807) is 4.90 Å². The highest BCUT2D eigenvalue weighted by molar-refractivity contribution is 6.30. The van der Waals surface area contributed by atoms with E-state index in [1.807, 2.05) is 38.1 Å². The highest BCUT2D eigenvalue weighted by Crippen LogP contribution is 2.49. The summed E-state index contributed by atoms with van der Waals surface area (Å²) in [6, 6.07) is 7.44. The van der Waals surface area contributed by atoms with Gasteiger partial charge in [0, 0.05) is 18.1 Å². The van der Waals surface area contributed by atoms with Crippen LogP contribution in [0.15, 0.2) is 24.3 Å². The van der Waals surface area contributed by atoms with Crippen LogP contribution >= 0.6 is 11.6 Å². The van der Waals surface area contributed by atoms with Crippen molar-refractivity contribution in [1.29, 1.82) is 0 Å². The third kappa shape index (κ3) is 3.38. The number of carbonyl (C=O) groups is 2. The molecule has 1 saturated carbocycles. The summed E-state index contributed by atoms with van der Waals surface area (Å²) in [6.07, 6.45) is 1.67. The first-order valence-corrected chi connectivity index (χ1v) is 7.73. The standard InChI is InChI=1S/C16H21ClN2O2/c1-3-18-14(20)11-19(4-2)15(21)16(9-10-16)12-5-7-13(17)8-6-12/h5-8H,3-4,9-11H2,1-2H3,(H,18,20). The molecule has 4 nitrogen and oxygen atoms in total. The normalized spacial score (nSPS) is 15.4. The van der Waals surface area contributed by atoms with Crippen molar-refractivity contribution in [2.45, 2.75) is 32.1 Å². The van der Waals surface area contributed by atoms with E-state index in [0.717, 1.165) is 18.4 Å². The molecule has 5 heteroatoms. The quantitative estimate of drug-likeness (QED) is 0.877.